The maximum atomic E-state index is 14.7. The van der Waals surface area contributed by atoms with E-state index in [0.717, 1.165) is 0 Å². The first-order valence-corrected chi connectivity index (χ1v) is 22.2. The number of oxime groups is 1. The summed E-state index contributed by atoms with van der Waals surface area (Å²) in [4.78, 5) is 59.0. The number of hydrogen-bond donors (Lipinski definition) is 3. The van der Waals surface area contributed by atoms with Gasteiger partial charge in [0.05, 0.1) is 53.8 Å². The lowest BCUT2D eigenvalue weighted by Gasteiger charge is -2.52. The van der Waals surface area contributed by atoms with Gasteiger partial charge in [0.15, 0.2) is 18.5 Å². The Morgan fingerprint density at radius 1 is 0.937 bits per heavy atom. The molecule has 3 aliphatic heterocycles. The summed E-state index contributed by atoms with van der Waals surface area (Å²) in [7, 11) is 3.37. The molecule has 0 saturated carbocycles. The molecule has 0 aromatic carbocycles. The largest absolute Gasteiger partial charge is 0.459 e. The van der Waals surface area contributed by atoms with Crippen molar-refractivity contribution in [2.45, 2.75) is 200 Å². The van der Waals surface area contributed by atoms with Crippen molar-refractivity contribution in [3.05, 3.63) is 0 Å². The van der Waals surface area contributed by atoms with Gasteiger partial charge in [-0.15, -0.1) is 12.3 Å². The first kappa shape index (κ1) is 54.1. The van der Waals surface area contributed by atoms with E-state index in [1.165, 1.54) is 34.8 Å². The molecule has 3 N–H and O–H groups in total. The number of carbonyl (C=O) groups excluding carboxylic acids is 4. The maximum absolute atomic E-state index is 14.7. The van der Waals surface area contributed by atoms with Crippen molar-refractivity contribution >= 4 is 29.6 Å². The molecule has 17 nitrogen and oxygen atoms in total. The fourth-order valence-corrected chi connectivity index (χ4v) is 10.3. The fourth-order valence-electron chi connectivity index (χ4n) is 10.3. The minimum absolute atomic E-state index is 0.107. The monoisotopic (exact) mass is 897 g/mol. The third-order valence-electron chi connectivity index (χ3n) is 13.5. The topological polar surface area (TPSA) is 218 Å². The standard InChI is InChI=1S/C46H76N2O15/c1-17-19-20-48(15)33-21-25(4)57-43(38(33)59-30(9)49)62-40-26(5)36(34-23-45(13,56-16)41(29(8)58-34)60-31(10)50)27(6)42(53)61-35(18-2)46(14,55)39(52)28(7)37(47-63-32(11)51)24(3)22-44(40,12)54/h1,24-29,33-36,38-41,43,52,54-55H,18-23H2,2-16H3/b47-37+/t24-,25?,26+,27?,28?,29?,33?,34?,35-,36+,38-,39?,40-,41+,43?,44-,45-,46-/m1/s1. The molecule has 0 radical (unpaired) electrons. The van der Waals surface area contributed by atoms with Gasteiger partial charge in [-0.2, -0.15) is 0 Å². The van der Waals surface area contributed by atoms with Crippen molar-refractivity contribution in [1.82, 2.24) is 4.90 Å². The highest BCUT2D eigenvalue weighted by Crippen LogP contribution is 2.46. The van der Waals surface area contributed by atoms with E-state index >= 15 is 0 Å². The molecule has 0 bridgehead atoms. The first-order valence-electron chi connectivity index (χ1n) is 22.2. The van der Waals surface area contributed by atoms with E-state index in [9.17, 15) is 34.5 Å². The molecule has 18 atom stereocenters. The summed E-state index contributed by atoms with van der Waals surface area (Å²) < 4.78 is 44.1. The molecule has 3 fully saturated rings. The van der Waals surface area contributed by atoms with Crippen LogP contribution in [0.15, 0.2) is 5.16 Å². The predicted octanol–water partition coefficient (Wildman–Crippen LogP) is 3.94. The number of methoxy groups -OCH3 is 1. The van der Waals surface area contributed by atoms with Gasteiger partial charge in [-0.1, -0.05) is 39.8 Å². The van der Waals surface area contributed by atoms with Gasteiger partial charge in [0.1, 0.15) is 17.3 Å². The normalized spacial score (nSPS) is 42.7. The number of aliphatic hydroxyl groups is 3. The van der Waals surface area contributed by atoms with Gasteiger partial charge < -0.3 is 53.3 Å². The minimum atomic E-state index is -2.04. The van der Waals surface area contributed by atoms with Crippen LogP contribution in [0.25, 0.3) is 0 Å². The van der Waals surface area contributed by atoms with Gasteiger partial charge in [0.2, 0.25) is 0 Å². The zero-order valence-electron chi connectivity index (χ0n) is 40.1. The highest BCUT2D eigenvalue weighted by Gasteiger charge is 2.57. The van der Waals surface area contributed by atoms with E-state index in [2.05, 4.69) is 11.1 Å². The van der Waals surface area contributed by atoms with Gasteiger partial charge in [-0.3, -0.25) is 19.3 Å². The molecule has 0 aromatic rings. The van der Waals surface area contributed by atoms with Crippen LogP contribution in [0.4, 0.5) is 0 Å². The van der Waals surface area contributed by atoms with Crippen molar-refractivity contribution in [3.63, 3.8) is 0 Å². The highest BCUT2D eigenvalue weighted by atomic mass is 16.7. The Balaban J connectivity index is 2.38. The maximum Gasteiger partial charge on any atom is 0.331 e. The van der Waals surface area contributed by atoms with Crippen LogP contribution in [-0.2, 0) is 57.2 Å². The zero-order chi connectivity index (χ0) is 47.9. The number of rotatable bonds is 11. The number of esters is 3. The lowest BCUT2D eigenvalue weighted by atomic mass is 9.67. The van der Waals surface area contributed by atoms with E-state index in [1.54, 1.807) is 48.5 Å². The summed E-state index contributed by atoms with van der Waals surface area (Å²) in [5, 5.41) is 41.1. The number of ether oxygens (including phenoxy) is 7. The van der Waals surface area contributed by atoms with Crippen LogP contribution in [0.1, 0.15) is 122 Å². The Morgan fingerprint density at radius 3 is 2.10 bits per heavy atom. The molecule has 0 spiro atoms. The van der Waals surface area contributed by atoms with Crippen molar-refractivity contribution in [3.8, 4) is 12.3 Å². The minimum Gasteiger partial charge on any atom is -0.459 e. The molecule has 0 amide bonds. The molecular weight excluding hydrogens is 821 g/mol. The lowest BCUT2D eigenvalue weighted by molar-refractivity contribution is -0.304. The quantitative estimate of drug-likeness (QED) is 0.0880. The summed E-state index contributed by atoms with van der Waals surface area (Å²) in [5.74, 6) is -4.37. The lowest BCUT2D eigenvalue weighted by Crippen LogP contribution is -2.63. The zero-order valence-corrected chi connectivity index (χ0v) is 40.1. The molecule has 0 aliphatic carbocycles. The molecule has 17 heteroatoms. The van der Waals surface area contributed by atoms with Crippen LogP contribution < -0.4 is 0 Å². The van der Waals surface area contributed by atoms with Crippen molar-refractivity contribution in [2.75, 3.05) is 20.7 Å². The predicted molar refractivity (Wildman–Crippen MR) is 231 cm³/mol. The first-order chi connectivity index (χ1) is 29.2. The number of likely N-dealkylation sites (N-methyl/N-ethyl adjacent to an activating group) is 1. The molecule has 3 saturated heterocycles. The van der Waals surface area contributed by atoms with Crippen LogP contribution >= 0.6 is 0 Å². The van der Waals surface area contributed by atoms with Crippen molar-refractivity contribution in [1.29, 1.82) is 0 Å². The van der Waals surface area contributed by atoms with E-state index in [1.807, 2.05) is 25.8 Å². The Hall–Kier alpha value is -3.21. The average Bonchev–Trinajstić information content (AvgIpc) is 3.18. The summed E-state index contributed by atoms with van der Waals surface area (Å²) in [5.41, 5.74) is -4.87. The molecule has 0 aromatic heterocycles. The summed E-state index contributed by atoms with van der Waals surface area (Å²) in [6, 6.07) is -0.412. The van der Waals surface area contributed by atoms with E-state index in [0.29, 0.717) is 19.4 Å². The fraction of sp³-hybridized carbons (Fsp3) is 0.848. The summed E-state index contributed by atoms with van der Waals surface area (Å²) >= 11 is 0. The molecule has 63 heavy (non-hydrogen) atoms. The van der Waals surface area contributed by atoms with Gasteiger partial charge in [-0.05, 0) is 66.8 Å². The van der Waals surface area contributed by atoms with Crippen LogP contribution in [0.3, 0.4) is 0 Å². The average molecular weight is 897 g/mol. The summed E-state index contributed by atoms with van der Waals surface area (Å²) in [6.45, 7) is 21.1. The van der Waals surface area contributed by atoms with E-state index in [-0.39, 0.29) is 25.0 Å². The number of terminal acetylenes is 1. The van der Waals surface area contributed by atoms with Gasteiger partial charge in [0.25, 0.3) is 0 Å². The Bertz CT molecular complexity index is 1650. The highest BCUT2D eigenvalue weighted by molar-refractivity contribution is 5.89. The van der Waals surface area contributed by atoms with Crippen molar-refractivity contribution in [2.24, 2.45) is 34.7 Å². The number of carbonyl (C=O) groups is 4. The molecule has 3 rings (SSSR count). The third-order valence-corrected chi connectivity index (χ3v) is 13.5. The van der Waals surface area contributed by atoms with Gasteiger partial charge in [0, 0.05) is 65.0 Å². The van der Waals surface area contributed by atoms with Crippen LogP contribution in [-0.4, -0.2) is 148 Å². The smallest absolute Gasteiger partial charge is 0.331 e. The second-order valence-corrected chi connectivity index (χ2v) is 18.9. The molecule has 8 unspecified atom stereocenters. The SMILES string of the molecule is C#CCCN(C)C1CC(C)OC(O[C@@H]2[C@@H](C)[C@H](C3C[C@@](C)(OC)[C@@H](OC(C)=O)C(C)O3)C(C)C(=O)O[C@H](CC)[C@@](C)(O)C(O)C(C)/C(=N/OC(C)=O)[C@H](C)C[C@@]2(C)O)[C@@H]1OC(C)=O. The van der Waals surface area contributed by atoms with Crippen molar-refractivity contribution < 1.29 is 72.5 Å². The van der Waals surface area contributed by atoms with Crippen LogP contribution in [0, 0.1) is 41.9 Å². The van der Waals surface area contributed by atoms with Gasteiger partial charge in [-0.25, -0.2) is 4.79 Å². The van der Waals surface area contributed by atoms with Crippen LogP contribution in [0.5, 0.6) is 0 Å². The molecular formula is C46H76N2O15. The van der Waals surface area contributed by atoms with Gasteiger partial charge >= 0.3 is 23.9 Å². The Labute approximate surface area is 374 Å². The molecule has 3 aliphatic rings. The third kappa shape index (κ3) is 13.0. The van der Waals surface area contributed by atoms with E-state index in [4.69, 9.17) is 44.4 Å². The number of cyclic esters (lactones) is 1. The van der Waals surface area contributed by atoms with Crippen LogP contribution in [0.2, 0.25) is 0 Å². The second-order valence-electron chi connectivity index (χ2n) is 18.9. The second kappa shape index (κ2) is 22.3. The number of aliphatic hydroxyl groups excluding tert-OH is 1. The van der Waals surface area contributed by atoms with E-state index < -0.39 is 131 Å². The molecule has 360 valence electrons. The molecule has 3 heterocycles. The number of nitrogens with zero attached hydrogens (tertiary/aromatic N) is 2. The Morgan fingerprint density at radius 2 is 1.56 bits per heavy atom. The Kier molecular flexibility index (Phi) is 19.2. The number of hydrogen-bond acceptors (Lipinski definition) is 17. The summed E-state index contributed by atoms with van der Waals surface area (Å²) in [6.07, 6.45) is -2.50.